The van der Waals surface area contributed by atoms with Gasteiger partial charge < -0.3 is 9.47 Å². The normalized spacial score (nSPS) is 14.5. The second-order valence-electron chi connectivity index (χ2n) is 5.96. The van der Waals surface area contributed by atoms with E-state index in [0.29, 0.717) is 13.2 Å². The van der Waals surface area contributed by atoms with Gasteiger partial charge in [0.1, 0.15) is 13.2 Å². The van der Waals surface area contributed by atoms with Crippen molar-refractivity contribution in [3.05, 3.63) is 62.7 Å². The van der Waals surface area contributed by atoms with E-state index in [2.05, 4.69) is 32.4 Å². The molecule has 0 radical (unpaired) electrons. The first-order chi connectivity index (χ1) is 13.2. The number of benzene rings is 2. The van der Waals surface area contributed by atoms with Gasteiger partial charge >= 0.3 is 0 Å². The molecule has 7 heteroatoms. The Hall–Kier alpha value is -2.38. The fourth-order valence-corrected chi connectivity index (χ4v) is 4.15. The standard InChI is InChI=1S/C20H18BrN3O2S/c1-13(14-7-8-18-19(11-14)26-10-9-25-18)23-24-17(12-27-20(24)22-2)15-5-3-4-6-16(15)21/h3-8,11-12H,9-10H2,1-2H3. The van der Waals surface area contributed by atoms with Crippen LogP contribution in [0.15, 0.2) is 62.4 Å². The van der Waals surface area contributed by atoms with Gasteiger partial charge in [0.25, 0.3) is 0 Å². The maximum absolute atomic E-state index is 5.69. The third-order valence-electron chi connectivity index (χ3n) is 4.24. The molecule has 1 aliphatic heterocycles. The zero-order chi connectivity index (χ0) is 18.8. The molecule has 0 N–H and O–H groups in total. The molecule has 1 aromatic heterocycles. The van der Waals surface area contributed by atoms with E-state index in [0.717, 1.165) is 43.3 Å². The zero-order valence-corrected chi connectivity index (χ0v) is 17.4. The molecule has 27 heavy (non-hydrogen) atoms. The Labute approximate surface area is 169 Å². The molecule has 0 unspecified atom stereocenters. The Morgan fingerprint density at radius 1 is 1.11 bits per heavy atom. The Morgan fingerprint density at radius 2 is 1.89 bits per heavy atom. The molecule has 0 bridgehead atoms. The molecule has 0 saturated carbocycles. The van der Waals surface area contributed by atoms with Crippen LogP contribution >= 0.6 is 27.3 Å². The van der Waals surface area contributed by atoms with E-state index in [1.807, 2.05) is 48.0 Å². The lowest BCUT2D eigenvalue weighted by Gasteiger charge is -2.18. The molecule has 4 rings (SSSR count). The predicted octanol–water partition coefficient (Wildman–Crippen LogP) is 4.55. The summed E-state index contributed by atoms with van der Waals surface area (Å²) in [6, 6.07) is 14.0. The van der Waals surface area contributed by atoms with Crippen molar-refractivity contribution >= 4 is 33.0 Å². The number of fused-ring (bicyclic) bond motifs is 1. The number of aromatic nitrogens is 1. The number of ether oxygens (including phenoxy) is 2. The van der Waals surface area contributed by atoms with Crippen LogP contribution in [0.25, 0.3) is 11.3 Å². The van der Waals surface area contributed by atoms with Crippen LogP contribution in [-0.2, 0) is 0 Å². The van der Waals surface area contributed by atoms with E-state index in [9.17, 15) is 0 Å². The highest BCUT2D eigenvalue weighted by molar-refractivity contribution is 9.10. The predicted molar refractivity (Wildman–Crippen MR) is 112 cm³/mol. The van der Waals surface area contributed by atoms with Gasteiger partial charge in [-0.3, -0.25) is 4.99 Å². The van der Waals surface area contributed by atoms with E-state index < -0.39 is 0 Å². The van der Waals surface area contributed by atoms with Crippen molar-refractivity contribution in [2.75, 3.05) is 20.3 Å². The first-order valence-corrected chi connectivity index (χ1v) is 10.2. The maximum atomic E-state index is 5.69. The lowest BCUT2D eigenvalue weighted by molar-refractivity contribution is 0.171. The summed E-state index contributed by atoms with van der Waals surface area (Å²) in [4.78, 5) is 5.21. The van der Waals surface area contributed by atoms with Crippen LogP contribution in [-0.4, -0.2) is 30.6 Å². The van der Waals surface area contributed by atoms with Crippen LogP contribution in [0.4, 0.5) is 0 Å². The van der Waals surface area contributed by atoms with E-state index >= 15 is 0 Å². The number of hydrogen-bond acceptors (Lipinski definition) is 5. The highest BCUT2D eigenvalue weighted by atomic mass is 79.9. The maximum Gasteiger partial charge on any atom is 0.205 e. The Kier molecular flexibility index (Phi) is 5.13. The van der Waals surface area contributed by atoms with Gasteiger partial charge in [-0.15, -0.1) is 11.3 Å². The summed E-state index contributed by atoms with van der Waals surface area (Å²) in [6.07, 6.45) is 0. The van der Waals surface area contributed by atoms with Gasteiger partial charge in [0.15, 0.2) is 11.5 Å². The van der Waals surface area contributed by atoms with Crippen LogP contribution in [0, 0.1) is 0 Å². The molecule has 0 saturated heterocycles. The molecule has 0 amide bonds. The summed E-state index contributed by atoms with van der Waals surface area (Å²) in [5.41, 5.74) is 3.92. The summed E-state index contributed by atoms with van der Waals surface area (Å²) in [5, 5.41) is 6.93. The summed E-state index contributed by atoms with van der Waals surface area (Å²) < 4.78 is 14.2. The van der Waals surface area contributed by atoms with Gasteiger partial charge in [-0.2, -0.15) is 5.10 Å². The van der Waals surface area contributed by atoms with Gasteiger partial charge in [0.05, 0.1) is 11.4 Å². The Morgan fingerprint density at radius 3 is 2.67 bits per heavy atom. The first-order valence-electron chi connectivity index (χ1n) is 8.51. The number of nitrogens with zero attached hydrogens (tertiary/aromatic N) is 3. The minimum absolute atomic E-state index is 0.566. The Balaban J connectivity index is 1.80. The van der Waals surface area contributed by atoms with Crippen molar-refractivity contribution in [3.63, 3.8) is 0 Å². The van der Waals surface area contributed by atoms with Crippen LogP contribution in [0.2, 0.25) is 0 Å². The summed E-state index contributed by atoms with van der Waals surface area (Å²) in [6.45, 7) is 3.14. The van der Waals surface area contributed by atoms with Gasteiger partial charge in [0, 0.05) is 28.0 Å². The molecule has 0 spiro atoms. The SMILES string of the molecule is CN=c1scc(-c2ccccc2Br)n1N=C(C)c1ccc2c(c1)OCCO2. The van der Waals surface area contributed by atoms with Gasteiger partial charge in [-0.05, 0) is 31.2 Å². The van der Waals surface area contributed by atoms with Crippen LogP contribution in [0.5, 0.6) is 11.5 Å². The highest BCUT2D eigenvalue weighted by Crippen LogP contribution is 2.31. The zero-order valence-electron chi connectivity index (χ0n) is 15.0. The number of thiazole rings is 1. The minimum Gasteiger partial charge on any atom is -0.486 e. The first kappa shape index (κ1) is 18.0. The van der Waals surface area contributed by atoms with Crippen molar-refractivity contribution in [1.82, 2.24) is 4.68 Å². The smallest absolute Gasteiger partial charge is 0.205 e. The second-order valence-corrected chi connectivity index (χ2v) is 7.65. The highest BCUT2D eigenvalue weighted by Gasteiger charge is 2.14. The van der Waals surface area contributed by atoms with E-state index in [1.165, 1.54) is 0 Å². The third kappa shape index (κ3) is 3.57. The molecule has 5 nitrogen and oxygen atoms in total. The van der Waals surface area contributed by atoms with Crippen molar-refractivity contribution in [3.8, 4) is 22.8 Å². The van der Waals surface area contributed by atoms with Crippen molar-refractivity contribution in [1.29, 1.82) is 0 Å². The molecule has 1 aliphatic rings. The molecule has 0 fully saturated rings. The van der Waals surface area contributed by atoms with Crippen molar-refractivity contribution in [2.45, 2.75) is 6.92 Å². The monoisotopic (exact) mass is 443 g/mol. The average Bonchev–Trinajstić information content (AvgIpc) is 3.10. The van der Waals surface area contributed by atoms with E-state index in [4.69, 9.17) is 14.6 Å². The molecule has 0 aliphatic carbocycles. The fraction of sp³-hybridized carbons (Fsp3) is 0.200. The summed E-state index contributed by atoms with van der Waals surface area (Å²) >= 11 is 5.20. The second kappa shape index (κ2) is 7.70. The quantitative estimate of drug-likeness (QED) is 0.557. The molecule has 3 aromatic rings. The molecular formula is C20H18BrN3O2S. The van der Waals surface area contributed by atoms with Crippen LogP contribution < -0.4 is 14.3 Å². The van der Waals surface area contributed by atoms with Crippen LogP contribution in [0.1, 0.15) is 12.5 Å². The van der Waals surface area contributed by atoms with Crippen molar-refractivity contribution in [2.24, 2.45) is 10.1 Å². The van der Waals surface area contributed by atoms with Gasteiger partial charge in [-0.25, -0.2) is 4.68 Å². The average molecular weight is 444 g/mol. The topological polar surface area (TPSA) is 48.1 Å². The number of hydrogen-bond donors (Lipinski definition) is 0. The van der Waals surface area contributed by atoms with Gasteiger partial charge in [0.2, 0.25) is 4.80 Å². The number of halogens is 1. The van der Waals surface area contributed by atoms with Gasteiger partial charge in [-0.1, -0.05) is 34.1 Å². The third-order valence-corrected chi connectivity index (χ3v) is 5.84. The van der Waals surface area contributed by atoms with E-state index in [-0.39, 0.29) is 0 Å². The molecular weight excluding hydrogens is 426 g/mol. The summed E-state index contributed by atoms with van der Waals surface area (Å²) in [7, 11) is 1.78. The van der Waals surface area contributed by atoms with E-state index in [1.54, 1.807) is 18.4 Å². The fourth-order valence-electron chi connectivity index (χ4n) is 2.88. The molecule has 138 valence electrons. The lowest BCUT2D eigenvalue weighted by Crippen LogP contribution is -2.16. The minimum atomic E-state index is 0.566. The molecule has 0 atom stereocenters. The molecule has 2 aromatic carbocycles. The number of rotatable bonds is 3. The van der Waals surface area contributed by atoms with Crippen LogP contribution in [0.3, 0.4) is 0 Å². The lowest BCUT2D eigenvalue weighted by atomic mass is 10.1. The Bertz CT molecular complexity index is 1080. The largest absolute Gasteiger partial charge is 0.486 e. The summed E-state index contributed by atoms with van der Waals surface area (Å²) in [5.74, 6) is 1.54. The molecule has 2 heterocycles. The van der Waals surface area contributed by atoms with Crippen molar-refractivity contribution < 1.29 is 9.47 Å².